The molecule has 0 aliphatic heterocycles. The van der Waals surface area contributed by atoms with Gasteiger partial charge in [-0.1, -0.05) is 30.7 Å². The minimum Gasteiger partial charge on any atom is -0.466 e. The molecule has 0 aromatic heterocycles. The fraction of sp³-hybridized carbons (Fsp3) is 0.667. The summed E-state index contributed by atoms with van der Waals surface area (Å²) >= 11 is 0. The Balaban J connectivity index is 1.93. The van der Waals surface area contributed by atoms with Gasteiger partial charge in [-0.15, -0.1) is 0 Å². The van der Waals surface area contributed by atoms with Gasteiger partial charge in [-0.05, 0) is 43.4 Å². The van der Waals surface area contributed by atoms with Crippen LogP contribution in [0.4, 0.5) is 0 Å². The first-order valence-electron chi connectivity index (χ1n) is 6.79. The fourth-order valence-corrected chi connectivity index (χ4v) is 4.27. The predicted octanol–water partition coefficient (Wildman–Crippen LogP) is 3.10. The second-order valence-electron chi connectivity index (χ2n) is 5.62. The molecule has 0 saturated heterocycles. The summed E-state index contributed by atoms with van der Waals surface area (Å²) in [5.41, 5.74) is 0.297. The van der Waals surface area contributed by atoms with Crippen LogP contribution >= 0.6 is 0 Å². The van der Waals surface area contributed by atoms with Gasteiger partial charge >= 0.3 is 5.97 Å². The van der Waals surface area contributed by atoms with Crippen LogP contribution in [0.15, 0.2) is 24.3 Å². The zero-order chi connectivity index (χ0) is 11.9. The molecule has 17 heavy (non-hydrogen) atoms. The molecule has 0 radical (unpaired) electrons. The highest BCUT2D eigenvalue weighted by Gasteiger charge is 2.56. The largest absolute Gasteiger partial charge is 0.466 e. The monoisotopic (exact) mass is 232 g/mol. The van der Waals surface area contributed by atoms with Crippen molar-refractivity contribution in [1.29, 1.82) is 0 Å². The van der Waals surface area contributed by atoms with Gasteiger partial charge in [0.25, 0.3) is 0 Å². The molecule has 0 amide bonds. The SMILES string of the molecule is CCOC(=O)[C@@H]1[C@H]2CCCC23C=CC=C[C@H]1C3. The van der Waals surface area contributed by atoms with E-state index in [9.17, 15) is 4.79 Å². The number of hydrogen-bond donors (Lipinski definition) is 0. The molecule has 0 aromatic carbocycles. The molecular formula is C15H20O2. The molecule has 3 aliphatic carbocycles. The van der Waals surface area contributed by atoms with Crippen LogP contribution in [-0.4, -0.2) is 12.6 Å². The van der Waals surface area contributed by atoms with Gasteiger partial charge in [-0.3, -0.25) is 4.79 Å². The average Bonchev–Trinajstić information content (AvgIpc) is 2.67. The Bertz CT molecular complexity index is 382. The minimum absolute atomic E-state index is 0.0335. The topological polar surface area (TPSA) is 26.3 Å². The Kier molecular flexibility index (Phi) is 2.61. The normalized spacial score (nSPS) is 42.3. The van der Waals surface area contributed by atoms with Crippen molar-refractivity contribution in [2.75, 3.05) is 6.61 Å². The van der Waals surface area contributed by atoms with Crippen molar-refractivity contribution in [3.05, 3.63) is 24.3 Å². The highest BCUT2D eigenvalue weighted by molar-refractivity contribution is 5.74. The number of fused-ring (bicyclic) bond motifs is 1. The number of hydrogen-bond acceptors (Lipinski definition) is 2. The molecule has 0 N–H and O–H groups in total. The van der Waals surface area contributed by atoms with E-state index in [4.69, 9.17) is 4.74 Å². The van der Waals surface area contributed by atoms with E-state index >= 15 is 0 Å². The molecule has 3 aliphatic rings. The number of carbonyl (C=O) groups is 1. The molecule has 0 heterocycles. The van der Waals surface area contributed by atoms with Crippen molar-refractivity contribution in [2.24, 2.45) is 23.2 Å². The summed E-state index contributed by atoms with van der Waals surface area (Å²) < 4.78 is 5.28. The van der Waals surface area contributed by atoms with Crippen LogP contribution in [0.2, 0.25) is 0 Å². The average molecular weight is 232 g/mol. The van der Waals surface area contributed by atoms with Gasteiger partial charge in [0, 0.05) is 0 Å². The molecule has 3 rings (SSSR count). The predicted molar refractivity (Wildman–Crippen MR) is 66.3 cm³/mol. The zero-order valence-corrected chi connectivity index (χ0v) is 10.4. The first kappa shape index (κ1) is 11.1. The van der Waals surface area contributed by atoms with Gasteiger partial charge in [0.1, 0.15) is 0 Å². The number of allylic oxidation sites excluding steroid dienone is 4. The van der Waals surface area contributed by atoms with Crippen molar-refractivity contribution >= 4 is 5.97 Å². The first-order chi connectivity index (χ1) is 8.27. The summed E-state index contributed by atoms with van der Waals surface area (Å²) in [6.45, 7) is 2.40. The molecule has 0 aromatic rings. The third-order valence-electron chi connectivity index (χ3n) is 4.86. The Morgan fingerprint density at radius 3 is 3.18 bits per heavy atom. The maximum absolute atomic E-state index is 12.2. The molecular weight excluding hydrogens is 212 g/mol. The van der Waals surface area contributed by atoms with Gasteiger partial charge in [-0.2, -0.15) is 0 Å². The molecule has 1 spiro atoms. The standard InChI is InChI=1S/C15H20O2/c1-2-17-14(16)13-11-6-3-4-8-15(10-11)9-5-7-12(13)15/h3-4,6,8,11-13H,2,5,7,9-10H2,1H3/t11-,12+,13-,15?/m0/s1. The van der Waals surface area contributed by atoms with E-state index in [2.05, 4.69) is 24.3 Å². The number of esters is 1. The fourth-order valence-electron chi connectivity index (χ4n) is 4.27. The lowest BCUT2D eigenvalue weighted by Crippen LogP contribution is -2.29. The third kappa shape index (κ3) is 1.57. The van der Waals surface area contributed by atoms with Crippen LogP contribution in [0.1, 0.15) is 32.6 Å². The number of rotatable bonds is 2. The summed E-state index contributed by atoms with van der Waals surface area (Å²) in [4.78, 5) is 12.2. The van der Waals surface area contributed by atoms with Gasteiger partial charge in [0.05, 0.1) is 12.5 Å². The second-order valence-corrected chi connectivity index (χ2v) is 5.62. The highest BCUT2D eigenvalue weighted by atomic mass is 16.5. The van der Waals surface area contributed by atoms with Gasteiger partial charge in [0.15, 0.2) is 0 Å². The molecule has 1 unspecified atom stereocenters. The Morgan fingerprint density at radius 2 is 2.35 bits per heavy atom. The minimum atomic E-state index is 0.0335. The Labute approximate surface area is 103 Å². The van der Waals surface area contributed by atoms with E-state index in [0.29, 0.717) is 23.9 Å². The van der Waals surface area contributed by atoms with E-state index < -0.39 is 0 Å². The van der Waals surface area contributed by atoms with Crippen LogP contribution in [0, 0.1) is 23.2 Å². The zero-order valence-electron chi connectivity index (χ0n) is 10.4. The quantitative estimate of drug-likeness (QED) is 0.684. The third-order valence-corrected chi connectivity index (χ3v) is 4.86. The second kappa shape index (κ2) is 4.01. The summed E-state index contributed by atoms with van der Waals surface area (Å²) in [6.07, 6.45) is 13.7. The Morgan fingerprint density at radius 1 is 1.47 bits per heavy atom. The van der Waals surface area contributed by atoms with Crippen molar-refractivity contribution in [2.45, 2.75) is 32.6 Å². The van der Waals surface area contributed by atoms with Crippen LogP contribution in [0.25, 0.3) is 0 Å². The lowest BCUT2D eigenvalue weighted by Gasteiger charge is -2.27. The maximum atomic E-state index is 12.2. The lowest BCUT2D eigenvalue weighted by atomic mass is 9.77. The molecule has 2 heteroatoms. The molecule has 2 bridgehead atoms. The van der Waals surface area contributed by atoms with Crippen molar-refractivity contribution in [1.82, 2.24) is 0 Å². The Hall–Kier alpha value is -1.05. The van der Waals surface area contributed by atoms with E-state index in [1.165, 1.54) is 19.3 Å². The van der Waals surface area contributed by atoms with Gasteiger partial charge < -0.3 is 4.74 Å². The maximum Gasteiger partial charge on any atom is 0.309 e. The van der Waals surface area contributed by atoms with Crippen LogP contribution in [0.3, 0.4) is 0 Å². The van der Waals surface area contributed by atoms with Gasteiger partial charge in [0.2, 0.25) is 0 Å². The summed E-state index contributed by atoms with van der Waals surface area (Å²) in [5.74, 6) is 1.06. The van der Waals surface area contributed by atoms with Crippen LogP contribution < -0.4 is 0 Å². The van der Waals surface area contributed by atoms with E-state index in [1.807, 2.05) is 6.92 Å². The molecule has 4 atom stereocenters. The van der Waals surface area contributed by atoms with Crippen molar-refractivity contribution in [3.8, 4) is 0 Å². The van der Waals surface area contributed by atoms with Crippen molar-refractivity contribution < 1.29 is 9.53 Å². The first-order valence-corrected chi connectivity index (χ1v) is 6.79. The molecule has 2 nitrogen and oxygen atoms in total. The smallest absolute Gasteiger partial charge is 0.309 e. The van der Waals surface area contributed by atoms with Gasteiger partial charge in [-0.25, -0.2) is 0 Å². The van der Waals surface area contributed by atoms with E-state index in [0.717, 1.165) is 6.42 Å². The number of carbonyl (C=O) groups excluding carboxylic acids is 1. The summed E-state index contributed by atoms with van der Waals surface area (Å²) in [6, 6.07) is 0. The van der Waals surface area contributed by atoms with Crippen molar-refractivity contribution in [3.63, 3.8) is 0 Å². The van der Waals surface area contributed by atoms with E-state index in [-0.39, 0.29) is 11.9 Å². The highest BCUT2D eigenvalue weighted by Crippen LogP contribution is 2.61. The summed E-state index contributed by atoms with van der Waals surface area (Å²) in [7, 11) is 0. The lowest BCUT2D eigenvalue weighted by molar-refractivity contribution is -0.150. The number of ether oxygens (including phenoxy) is 1. The molecule has 2 fully saturated rings. The van der Waals surface area contributed by atoms with E-state index in [1.54, 1.807) is 0 Å². The molecule has 2 saturated carbocycles. The van der Waals surface area contributed by atoms with Crippen LogP contribution in [0.5, 0.6) is 0 Å². The summed E-state index contributed by atoms with van der Waals surface area (Å²) in [5, 5.41) is 0. The molecule has 92 valence electrons. The van der Waals surface area contributed by atoms with Crippen LogP contribution in [-0.2, 0) is 9.53 Å².